The molecule has 0 unspecified atom stereocenters. The second-order valence-electron chi connectivity index (χ2n) is 2.33. The number of rotatable bonds is 2. The van der Waals surface area contributed by atoms with Gasteiger partial charge >= 0.3 is 5.69 Å². The maximum Gasteiger partial charge on any atom is 0.306 e. The zero-order valence-electron chi connectivity index (χ0n) is 6.49. The van der Waals surface area contributed by atoms with Gasteiger partial charge in [0.25, 0.3) is 0 Å². The first-order chi connectivity index (χ1) is 6.43. The summed E-state index contributed by atoms with van der Waals surface area (Å²) in [5, 5.41) is 20.3. The molecule has 0 aliphatic rings. The molecule has 74 valence electrons. The molecule has 0 amide bonds. The summed E-state index contributed by atoms with van der Waals surface area (Å²) in [4.78, 5) is 19.5. The Morgan fingerprint density at radius 1 is 1.50 bits per heavy atom. The molecule has 0 aliphatic carbocycles. The second-order valence-corrected chi connectivity index (χ2v) is 2.77. The zero-order valence-corrected chi connectivity index (χ0v) is 7.25. The molecule has 0 saturated heterocycles. The quantitative estimate of drug-likeness (QED) is 0.542. The maximum absolute atomic E-state index is 13.0. The van der Waals surface area contributed by atoms with Gasteiger partial charge in [-0.2, -0.15) is 4.39 Å². The largest absolute Gasteiger partial charge is 0.545 e. The van der Waals surface area contributed by atoms with Crippen molar-refractivity contribution in [2.45, 2.75) is 0 Å². The number of hydrogen-bond acceptors (Lipinski definition) is 4. The van der Waals surface area contributed by atoms with Gasteiger partial charge in [-0.05, 0) is 6.07 Å². The van der Waals surface area contributed by atoms with Crippen LogP contribution in [0.5, 0.6) is 0 Å². The lowest BCUT2D eigenvalue weighted by molar-refractivity contribution is -0.387. The van der Waals surface area contributed by atoms with E-state index in [2.05, 4.69) is 0 Å². The highest BCUT2D eigenvalue weighted by Crippen LogP contribution is 2.25. The van der Waals surface area contributed by atoms with Crippen molar-refractivity contribution in [3.05, 3.63) is 38.7 Å². The van der Waals surface area contributed by atoms with Crippen molar-refractivity contribution in [2.24, 2.45) is 0 Å². The van der Waals surface area contributed by atoms with Gasteiger partial charge in [0.15, 0.2) is 0 Å². The standard InChI is InChI=1S/C7H3ClFNO4/c8-3-1-4(7(11)12)6(9)5(2-3)10(13)14/h1-2H,(H,11,12)/p-1. The molecule has 0 N–H and O–H groups in total. The highest BCUT2D eigenvalue weighted by Gasteiger charge is 2.19. The van der Waals surface area contributed by atoms with Crippen LogP contribution in [-0.2, 0) is 0 Å². The molecule has 0 saturated carbocycles. The number of nitrogens with zero attached hydrogens (tertiary/aromatic N) is 1. The van der Waals surface area contributed by atoms with Gasteiger partial charge in [-0.1, -0.05) is 11.6 Å². The van der Waals surface area contributed by atoms with Gasteiger partial charge in [-0.15, -0.1) is 0 Å². The molecule has 1 aromatic rings. The second kappa shape index (κ2) is 3.59. The summed E-state index contributed by atoms with van der Waals surface area (Å²) in [6.45, 7) is 0. The third-order valence-electron chi connectivity index (χ3n) is 1.43. The number of carboxylic acids is 1. The Kier molecular flexibility index (Phi) is 2.66. The van der Waals surface area contributed by atoms with Crippen LogP contribution in [0.3, 0.4) is 0 Å². The predicted molar refractivity (Wildman–Crippen MR) is 42.4 cm³/mol. The molecule has 0 atom stereocenters. The number of hydrogen-bond donors (Lipinski definition) is 0. The van der Waals surface area contributed by atoms with E-state index < -0.39 is 28.0 Å². The number of halogens is 2. The van der Waals surface area contributed by atoms with Gasteiger partial charge in [-0.25, -0.2) is 0 Å². The molecular weight excluding hydrogens is 217 g/mol. The van der Waals surface area contributed by atoms with Crippen molar-refractivity contribution in [1.82, 2.24) is 0 Å². The number of carbonyl (C=O) groups excluding carboxylic acids is 1. The van der Waals surface area contributed by atoms with Gasteiger partial charge in [0, 0.05) is 16.7 Å². The number of carboxylic acid groups (broad SMARTS) is 1. The van der Waals surface area contributed by atoms with Crippen molar-refractivity contribution in [2.75, 3.05) is 0 Å². The number of aromatic carboxylic acids is 1. The first-order valence-electron chi connectivity index (χ1n) is 3.28. The summed E-state index contributed by atoms with van der Waals surface area (Å²) >= 11 is 5.35. The fraction of sp³-hybridized carbons (Fsp3) is 0. The van der Waals surface area contributed by atoms with E-state index >= 15 is 0 Å². The number of benzene rings is 1. The Morgan fingerprint density at radius 3 is 2.50 bits per heavy atom. The molecule has 1 rings (SSSR count). The maximum atomic E-state index is 13.0. The van der Waals surface area contributed by atoms with E-state index in [1.807, 2.05) is 0 Å². The fourth-order valence-corrected chi connectivity index (χ4v) is 1.07. The monoisotopic (exact) mass is 218 g/mol. The summed E-state index contributed by atoms with van der Waals surface area (Å²) in [5.74, 6) is -3.31. The lowest BCUT2D eigenvalue weighted by atomic mass is 10.2. The minimum absolute atomic E-state index is 0.239. The van der Waals surface area contributed by atoms with Crippen LogP contribution in [0.2, 0.25) is 5.02 Å². The van der Waals surface area contributed by atoms with Crippen molar-refractivity contribution in [1.29, 1.82) is 0 Å². The van der Waals surface area contributed by atoms with E-state index in [1.54, 1.807) is 0 Å². The van der Waals surface area contributed by atoms with Crippen molar-refractivity contribution < 1.29 is 19.2 Å². The van der Waals surface area contributed by atoms with Crippen LogP contribution in [0.25, 0.3) is 0 Å². The smallest absolute Gasteiger partial charge is 0.306 e. The highest BCUT2D eigenvalue weighted by molar-refractivity contribution is 6.31. The molecular formula is C7H2ClFNO4-. The van der Waals surface area contributed by atoms with Gasteiger partial charge in [0.1, 0.15) is 0 Å². The third-order valence-corrected chi connectivity index (χ3v) is 1.65. The Morgan fingerprint density at radius 2 is 2.07 bits per heavy atom. The summed E-state index contributed by atoms with van der Waals surface area (Å²) in [6, 6.07) is 1.47. The lowest BCUT2D eigenvalue weighted by Crippen LogP contribution is -2.24. The van der Waals surface area contributed by atoms with Crippen LogP contribution >= 0.6 is 11.6 Å². The predicted octanol–water partition coefficient (Wildman–Crippen LogP) is 0.751. The minimum atomic E-state index is -1.85. The summed E-state index contributed by atoms with van der Waals surface area (Å²) < 4.78 is 13.0. The van der Waals surface area contributed by atoms with Crippen LogP contribution < -0.4 is 5.11 Å². The van der Waals surface area contributed by atoms with E-state index in [4.69, 9.17) is 11.6 Å². The molecule has 5 nitrogen and oxygen atoms in total. The van der Waals surface area contributed by atoms with Gasteiger partial charge < -0.3 is 9.90 Å². The van der Waals surface area contributed by atoms with E-state index in [-0.39, 0.29) is 5.02 Å². The van der Waals surface area contributed by atoms with Crippen LogP contribution in [-0.4, -0.2) is 10.9 Å². The van der Waals surface area contributed by atoms with E-state index in [0.717, 1.165) is 12.1 Å². The molecule has 1 aromatic carbocycles. The molecule has 0 spiro atoms. The molecule has 0 heterocycles. The number of nitro groups is 1. The van der Waals surface area contributed by atoms with E-state index in [0.29, 0.717) is 0 Å². The molecule has 14 heavy (non-hydrogen) atoms. The number of carbonyl (C=O) groups is 1. The molecule has 0 radical (unpaired) electrons. The summed E-state index contributed by atoms with van der Waals surface area (Å²) in [5.41, 5.74) is -1.92. The van der Waals surface area contributed by atoms with Crippen LogP contribution in [0.1, 0.15) is 10.4 Å². The third kappa shape index (κ3) is 1.80. The lowest BCUT2D eigenvalue weighted by Gasteiger charge is -2.04. The SMILES string of the molecule is O=C([O-])c1cc(Cl)cc([N+](=O)[O-])c1F. The Bertz CT molecular complexity index is 385. The first-order valence-corrected chi connectivity index (χ1v) is 3.66. The van der Waals surface area contributed by atoms with Gasteiger partial charge in [0.2, 0.25) is 5.82 Å². The van der Waals surface area contributed by atoms with Crippen molar-refractivity contribution >= 4 is 23.3 Å². The van der Waals surface area contributed by atoms with Crippen molar-refractivity contribution in [3.8, 4) is 0 Å². The molecule has 0 bridgehead atoms. The van der Waals surface area contributed by atoms with Crippen LogP contribution in [0.15, 0.2) is 12.1 Å². The Labute approximate surface area is 81.9 Å². The van der Waals surface area contributed by atoms with Crippen molar-refractivity contribution in [3.63, 3.8) is 0 Å². The minimum Gasteiger partial charge on any atom is -0.545 e. The Balaban J connectivity index is 3.47. The topological polar surface area (TPSA) is 83.3 Å². The molecule has 0 aliphatic heterocycles. The Hall–Kier alpha value is -1.69. The van der Waals surface area contributed by atoms with Crippen LogP contribution in [0.4, 0.5) is 10.1 Å². The van der Waals surface area contributed by atoms with E-state index in [1.165, 1.54) is 0 Å². The van der Waals surface area contributed by atoms with Gasteiger partial charge in [-0.3, -0.25) is 10.1 Å². The molecule has 0 aromatic heterocycles. The first kappa shape index (κ1) is 10.4. The average molecular weight is 219 g/mol. The van der Waals surface area contributed by atoms with Gasteiger partial charge in [0.05, 0.1) is 10.9 Å². The zero-order chi connectivity index (χ0) is 10.9. The fourth-order valence-electron chi connectivity index (χ4n) is 0.856. The highest BCUT2D eigenvalue weighted by atomic mass is 35.5. The molecule has 0 fully saturated rings. The normalized spacial score (nSPS) is 9.86. The average Bonchev–Trinajstić information content (AvgIpc) is 2.07. The van der Waals surface area contributed by atoms with E-state index in [9.17, 15) is 24.4 Å². The van der Waals surface area contributed by atoms with Crippen LogP contribution in [0, 0.1) is 15.9 Å². The summed E-state index contributed by atoms with van der Waals surface area (Å²) in [7, 11) is 0. The number of nitro benzene ring substituents is 1. The molecule has 7 heteroatoms. The summed E-state index contributed by atoms with van der Waals surface area (Å²) in [6.07, 6.45) is 0.